The molecule has 21 heteroatoms. The van der Waals surface area contributed by atoms with Crippen LogP contribution in [-0.2, 0) is 32.1 Å². The molecule has 0 radical (unpaired) electrons. The summed E-state index contributed by atoms with van der Waals surface area (Å²) in [4.78, 5) is 85.7. The van der Waals surface area contributed by atoms with Gasteiger partial charge in [-0.2, -0.15) is 0 Å². The molecular weight excluding hydrogens is 955 g/mol. The molecule has 3 aromatic carbocycles. The van der Waals surface area contributed by atoms with E-state index in [1.165, 1.54) is 18.0 Å². The number of fused-ring (bicyclic) bond motifs is 4. The smallest absolute Gasteiger partial charge is 0.416 e. The number of hydrogen-bond donors (Lipinski definition) is 5. The number of nitrogens with zero attached hydrogens (tertiary/aromatic N) is 4. The minimum atomic E-state index is -1.41. The standard InChI is InChI=1S/C53H69BN6O14/c1-8-22-73-52(67)56-46(31(2)3)47(62)55-33(5)42(61)26-34-16-18-35(19-17-34)30-74-53(68)59-40-28-43(32(4)25-36(40)48(63)57-20-12-14-38(57)50(59)65)71-23-10-9-11-24-72-45-29-41-37(27-44(45)70-7)49(64)58-21-13-15-39(58)51(66)60(41)54(6)69/h8,16-19,25,27-29,31,33,38-39,46,50-51,65-66,69H,1,9-15,20-24,26,30H2,2-7H3,(H,55,62)(H,56,67)/t33-,38-,39-,46-,50-,51-/m0/s1. The molecule has 2 saturated heterocycles. The normalized spacial score (nSPS) is 19.8. The summed E-state index contributed by atoms with van der Waals surface area (Å²) in [5.74, 6) is -0.477. The number of aliphatic hydroxyl groups excluding tert-OH is 2. The Labute approximate surface area is 432 Å². The number of methoxy groups -OCH3 is 1. The quantitative estimate of drug-likeness (QED) is 0.0528. The predicted octanol–water partition coefficient (Wildman–Crippen LogP) is 5.12. The molecule has 5 N–H and O–H groups in total. The minimum Gasteiger partial charge on any atom is -0.493 e. The van der Waals surface area contributed by atoms with E-state index in [0.717, 1.165) is 11.3 Å². The van der Waals surface area contributed by atoms with Gasteiger partial charge in [0.05, 0.1) is 55.3 Å². The number of carbonyl (C=O) groups excluding carboxylic acids is 6. The van der Waals surface area contributed by atoms with Gasteiger partial charge in [0.2, 0.25) is 5.91 Å². The molecule has 0 saturated carbocycles. The van der Waals surface area contributed by atoms with Gasteiger partial charge < -0.3 is 64.2 Å². The molecule has 5 amide bonds. The van der Waals surface area contributed by atoms with E-state index in [0.29, 0.717) is 110 Å². The SMILES string of the molecule is C=CCOC(=O)N[C@H](C(=O)N[C@@H](C)C(=O)Cc1ccc(COC(=O)N2c3cc(OCCCCCOc4cc5c(cc4OC)C(=O)N4CCC[C@H]4[C@H](O)N5B(C)O)c(C)cc3C(=O)N3CCC[C@H]3[C@@H]2O)cc1)C(C)C. The third kappa shape index (κ3) is 12.2. The van der Waals surface area contributed by atoms with Gasteiger partial charge in [-0.05, 0) is 100 Å². The van der Waals surface area contributed by atoms with Gasteiger partial charge in [-0.25, -0.2) is 14.5 Å². The molecule has 3 aromatic rings. The summed E-state index contributed by atoms with van der Waals surface area (Å²) in [5, 5.41) is 39.0. The van der Waals surface area contributed by atoms with E-state index in [1.54, 1.807) is 85.9 Å². The molecular formula is C53H69BN6O14. The molecule has 0 bridgehead atoms. The average molecular weight is 1020 g/mol. The van der Waals surface area contributed by atoms with Crippen LogP contribution < -0.4 is 34.6 Å². The molecule has 2 fully saturated rings. The highest BCUT2D eigenvalue weighted by molar-refractivity contribution is 6.54. The summed E-state index contributed by atoms with van der Waals surface area (Å²) in [6.45, 7) is 13.3. The number of aryl methyl sites for hydroxylation is 1. The lowest BCUT2D eigenvalue weighted by atomic mass is 9.82. The first-order chi connectivity index (χ1) is 35.4. The van der Waals surface area contributed by atoms with Crippen molar-refractivity contribution in [2.45, 2.75) is 129 Å². The van der Waals surface area contributed by atoms with E-state index in [9.17, 15) is 44.0 Å². The fourth-order valence-corrected chi connectivity index (χ4v) is 9.99. The fourth-order valence-electron chi connectivity index (χ4n) is 9.99. The number of aliphatic hydroxyl groups is 2. The average Bonchev–Trinajstić information content (AvgIpc) is 4.06. The third-order valence-corrected chi connectivity index (χ3v) is 14.0. The Morgan fingerprint density at radius 1 is 0.797 bits per heavy atom. The van der Waals surface area contributed by atoms with Crippen LogP contribution in [-0.4, -0.2) is 144 Å². The van der Waals surface area contributed by atoms with Crippen molar-refractivity contribution in [3.8, 4) is 17.2 Å². The molecule has 0 aromatic heterocycles. The lowest BCUT2D eigenvalue weighted by Crippen LogP contribution is -2.53. The maximum Gasteiger partial charge on any atom is 0.416 e. The molecule has 0 unspecified atom stereocenters. The molecule has 6 atom stereocenters. The summed E-state index contributed by atoms with van der Waals surface area (Å²) in [6.07, 6.45) is 1.71. The Morgan fingerprint density at radius 3 is 2.00 bits per heavy atom. The number of hydrogen-bond acceptors (Lipinski definition) is 15. The number of amides is 5. The topological polar surface area (TPSA) is 246 Å². The maximum absolute atomic E-state index is 14.1. The van der Waals surface area contributed by atoms with Gasteiger partial charge in [-0.15, -0.1) is 0 Å². The molecule has 398 valence electrons. The maximum atomic E-state index is 14.1. The Bertz CT molecular complexity index is 2560. The molecule has 0 aliphatic carbocycles. The van der Waals surface area contributed by atoms with Crippen molar-refractivity contribution in [3.05, 3.63) is 89.0 Å². The largest absolute Gasteiger partial charge is 0.493 e. The fraction of sp³-hybridized carbons (Fsp3) is 0.509. The number of alkyl carbamates (subject to hydrolysis) is 1. The summed E-state index contributed by atoms with van der Waals surface area (Å²) in [5.41, 5.74) is 2.99. The highest BCUT2D eigenvalue weighted by atomic mass is 16.6. The van der Waals surface area contributed by atoms with Gasteiger partial charge in [0.25, 0.3) is 11.8 Å². The van der Waals surface area contributed by atoms with Gasteiger partial charge in [0.1, 0.15) is 31.2 Å². The van der Waals surface area contributed by atoms with Crippen LogP contribution in [0.3, 0.4) is 0 Å². The van der Waals surface area contributed by atoms with Crippen LogP contribution in [0.4, 0.5) is 21.0 Å². The van der Waals surface area contributed by atoms with Gasteiger partial charge in [-0.1, -0.05) is 50.8 Å². The van der Waals surface area contributed by atoms with Crippen molar-refractivity contribution in [3.63, 3.8) is 0 Å². The first kappa shape index (κ1) is 54.9. The number of rotatable bonds is 21. The van der Waals surface area contributed by atoms with Gasteiger partial charge >= 0.3 is 19.2 Å². The second kappa shape index (κ2) is 24.5. The molecule has 20 nitrogen and oxygen atoms in total. The summed E-state index contributed by atoms with van der Waals surface area (Å²) in [6, 6.07) is 10.5. The van der Waals surface area contributed by atoms with Crippen LogP contribution in [0.25, 0.3) is 0 Å². The molecule has 4 aliphatic heterocycles. The number of anilines is 2. The van der Waals surface area contributed by atoms with Crippen molar-refractivity contribution in [2.24, 2.45) is 5.92 Å². The number of Topliss-reactive ketones (excluding diaryl/α,β-unsaturated/α-hetero) is 1. The summed E-state index contributed by atoms with van der Waals surface area (Å²) < 4.78 is 28.7. The number of carbonyl (C=O) groups is 6. The third-order valence-electron chi connectivity index (χ3n) is 14.0. The first-order valence-corrected chi connectivity index (χ1v) is 25.4. The summed E-state index contributed by atoms with van der Waals surface area (Å²) in [7, 11) is 0.406. The number of ether oxygens (including phenoxy) is 5. The van der Waals surface area contributed by atoms with Gasteiger partial charge in [0, 0.05) is 37.3 Å². The predicted molar refractivity (Wildman–Crippen MR) is 274 cm³/mol. The van der Waals surface area contributed by atoms with E-state index < -0.39 is 61.8 Å². The van der Waals surface area contributed by atoms with E-state index in [4.69, 9.17) is 23.7 Å². The van der Waals surface area contributed by atoms with E-state index in [1.807, 2.05) is 6.92 Å². The van der Waals surface area contributed by atoms with Crippen molar-refractivity contribution >= 4 is 54.1 Å². The van der Waals surface area contributed by atoms with Crippen LogP contribution in [0.2, 0.25) is 6.82 Å². The number of nitrogens with one attached hydrogen (secondary N) is 2. The monoisotopic (exact) mass is 1020 g/mol. The van der Waals surface area contributed by atoms with Crippen molar-refractivity contribution in [2.75, 3.05) is 49.7 Å². The van der Waals surface area contributed by atoms with Crippen LogP contribution in [0.5, 0.6) is 17.2 Å². The van der Waals surface area contributed by atoms with E-state index >= 15 is 0 Å². The zero-order chi connectivity index (χ0) is 53.4. The Hall–Kier alpha value is -6.84. The van der Waals surface area contributed by atoms with E-state index in [-0.39, 0.29) is 54.4 Å². The lowest BCUT2D eigenvalue weighted by molar-refractivity contribution is -0.129. The Balaban J connectivity index is 0.944. The Kier molecular flexibility index (Phi) is 18.2. The zero-order valence-electron chi connectivity index (χ0n) is 43.0. The highest BCUT2D eigenvalue weighted by Gasteiger charge is 2.46. The van der Waals surface area contributed by atoms with Crippen LogP contribution in [0.1, 0.15) is 103 Å². The molecule has 0 spiro atoms. The first-order valence-electron chi connectivity index (χ1n) is 25.4. The zero-order valence-corrected chi connectivity index (χ0v) is 43.0. The molecule has 4 aliphatic rings. The van der Waals surface area contributed by atoms with Crippen LogP contribution in [0, 0.1) is 12.8 Å². The second-order valence-corrected chi connectivity index (χ2v) is 19.6. The molecule has 7 rings (SSSR count). The van der Waals surface area contributed by atoms with Crippen LogP contribution >= 0.6 is 0 Å². The number of benzene rings is 3. The highest BCUT2D eigenvalue weighted by Crippen LogP contribution is 2.42. The van der Waals surface area contributed by atoms with Crippen molar-refractivity contribution in [1.82, 2.24) is 20.4 Å². The number of ketones is 1. The van der Waals surface area contributed by atoms with Gasteiger partial charge in [-0.3, -0.25) is 19.2 Å². The van der Waals surface area contributed by atoms with Gasteiger partial charge in [0.15, 0.2) is 23.5 Å². The van der Waals surface area contributed by atoms with Crippen molar-refractivity contribution < 1.29 is 67.7 Å². The van der Waals surface area contributed by atoms with E-state index in [2.05, 4.69) is 17.2 Å². The lowest BCUT2D eigenvalue weighted by Gasteiger charge is -2.34. The van der Waals surface area contributed by atoms with Crippen molar-refractivity contribution in [1.29, 1.82) is 0 Å². The van der Waals surface area contributed by atoms with Crippen LogP contribution in [0.15, 0.2) is 61.2 Å². The molecule has 4 heterocycles. The molecule has 74 heavy (non-hydrogen) atoms. The Morgan fingerprint density at radius 2 is 1.39 bits per heavy atom. The number of unbranched alkanes of at least 4 members (excludes halogenated alkanes) is 2. The minimum absolute atomic E-state index is 0.00257. The summed E-state index contributed by atoms with van der Waals surface area (Å²) >= 11 is 0. The second-order valence-electron chi connectivity index (χ2n) is 19.6.